The van der Waals surface area contributed by atoms with Gasteiger partial charge in [0.1, 0.15) is 11.9 Å². The number of benzene rings is 1. The second kappa shape index (κ2) is 6.74. The Morgan fingerprint density at radius 1 is 1.38 bits per heavy atom. The van der Waals surface area contributed by atoms with Crippen molar-refractivity contribution >= 4 is 11.6 Å². The van der Waals surface area contributed by atoms with E-state index in [4.69, 9.17) is 16.3 Å². The second-order valence-corrected chi connectivity index (χ2v) is 3.87. The van der Waals surface area contributed by atoms with Gasteiger partial charge in [-0.2, -0.15) is 0 Å². The summed E-state index contributed by atoms with van der Waals surface area (Å²) in [6.45, 7) is 2.47. The van der Waals surface area contributed by atoms with Crippen molar-refractivity contribution in [3.63, 3.8) is 0 Å². The van der Waals surface area contributed by atoms with Crippen LogP contribution in [0.1, 0.15) is 25.0 Å². The Kier molecular flexibility index (Phi) is 5.60. The van der Waals surface area contributed by atoms with Crippen LogP contribution in [0.25, 0.3) is 0 Å². The molecule has 16 heavy (non-hydrogen) atoms. The average molecular weight is 245 g/mol. The largest absolute Gasteiger partial charge is 0.494 e. The maximum atomic E-state index is 9.85. The van der Waals surface area contributed by atoms with E-state index >= 15 is 0 Å². The third kappa shape index (κ3) is 3.67. The Morgan fingerprint density at radius 3 is 2.75 bits per heavy atom. The highest BCUT2D eigenvalue weighted by molar-refractivity contribution is 6.17. The van der Waals surface area contributed by atoms with Crippen molar-refractivity contribution in [3.8, 4) is 5.75 Å². The zero-order chi connectivity index (χ0) is 12.0. The van der Waals surface area contributed by atoms with Crippen LogP contribution in [0.5, 0.6) is 5.75 Å². The molecular formula is C12H17ClO3. The summed E-state index contributed by atoms with van der Waals surface area (Å²) in [5.74, 6) is 1.01. The van der Waals surface area contributed by atoms with E-state index in [-0.39, 0.29) is 0 Å². The molecule has 0 amide bonds. The van der Waals surface area contributed by atoms with Crippen molar-refractivity contribution in [2.75, 3.05) is 12.5 Å². The quantitative estimate of drug-likeness (QED) is 0.754. The summed E-state index contributed by atoms with van der Waals surface area (Å²) in [6.07, 6.45) is -1.39. The lowest BCUT2D eigenvalue weighted by atomic mass is 10.0. The van der Waals surface area contributed by atoms with Crippen LogP contribution in [0, 0.1) is 0 Å². The predicted molar refractivity (Wildman–Crippen MR) is 63.9 cm³/mol. The van der Waals surface area contributed by atoms with Gasteiger partial charge in [0.05, 0.1) is 12.7 Å². The van der Waals surface area contributed by atoms with Crippen LogP contribution in [0.15, 0.2) is 24.3 Å². The summed E-state index contributed by atoms with van der Waals surface area (Å²) in [7, 11) is 0. The molecule has 1 rings (SSSR count). The number of ether oxygens (including phenoxy) is 1. The highest BCUT2D eigenvalue weighted by Gasteiger charge is 2.17. The molecule has 0 saturated carbocycles. The van der Waals surface area contributed by atoms with Gasteiger partial charge in [-0.25, -0.2) is 0 Å². The number of alkyl halides is 1. The first-order chi connectivity index (χ1) is 7.69. The van der Waals surface area contributed by atoms with E-state index in [2.05, 4.69) is 0 Å². The van der Waals surface area contributed by atoms with E-state index in [1.807, 2.05) is 13.0 Å². The van der Waals surface area contributed by atoms with Gasteiger partial charge in [-0.05, 0) is 31.0 Å². The van der Waals surface area contributed by atoms with Gasteiger partial charge in [-0.15, -0.1) is 11.6 Å². The summed E-state index contributed by atoms with van der Waals surface area (Å²) >= 11 is 5.51. The molecule has 0 radical (unpaired) electrons. The Morgan fingerprint density at radius 2 is 2.12 bits per heavy atom. The monoisotopic (exact) mass is 244 g/mol. The molecule has 1 aromatic carbocycles. The zero-order valence-electron chi connectivity index (χ0n) is 9.27. The third-order valence-corrected chi connectivity index (χ3v) is 2.50. The van der Waals surface area contributed by atoms with Gasteiger partial charge in [0, 0.05) is 5.88 Å². The van der Waals surface area contributed by atoms with Gasteiger partial charge in [0.2, 0.25) is 0 Å². The van der Waals surface area contributed by atoms with E-state index in [1.54, 1.807) is 18.2 Å². The fourth-order valence-corrected chi connectivity index (χ4v) is 1.67. The van der Waals surface area contributed by atoms with Crippen molar-refractivity contribution in [2.45, 2.75) is 25.6 Å². The first-order valence-corrected chi connectivity index (χ1v) is 5.87. The molecule has 2 atom stereocenters. The van der Waals surface area contributed by atoms with Crippen molar-refractivity contribution < 1.29 is 14.9 Å². The smallest absolute Gasteiger partial charge is 0.119 e. The number of halogens is 1. The lowest BCUT2D eigenvalue weighted by molar-refractivity contribution is 0.0169. The molecule has 0 aliphatic carbocycles. The molecule has 0 heterocycles. The molecule has 0 fully saturated rings. The minimum atomic E-state index is -0.917. The molecule has 3 nitrogen and oxygen atoms in total. The topological polar surface area (TPSA) is 49.7 Å². The summed E-state index contributed by atoms with van der Waals surface area (Å²) in [5.41, 5.74) is 0.642. The molecule has 0 aliphatic rings. The fraction of sp³-hybridized carbons (Fsp3) is 0.500. The molecule has 4 heteroatoms. The SMILES string of the molecule is CCOc1cccc(C(O)C(O)CCCl)c1. The third-order valence-electron chi connectivity index (χ3n) is 2.28. The predicted octanol–water partition coefficient (Wildman–Crippen LogP) is 2.11. The maximum Gasteiger partial charge on any atom is 0.119 e. The molecule has 0 aromatic heterocycles. The van der Waals surface area contributed by atoms with Crippen LogP contribution >= 0.6 is 11.6 Å². The standard InChI is InChI=1S/C12H17ClO3/c1-2-16-10-5-3-4-9(8-10)12(15)11(14)6-7-13/h3-5,8,11-12,14-15H,2,6-7H2,1H3. The van der Waals surface area contributed by atoms with Crippen LogP contribution in [0.2, 0.25) is 0 Å². The molecular weight excluding hydrogens is 228 g/mol. The van der Waals surface area contributed by atoms with Gasteiger partial charge in [0.15, 0.2) is 0 Å². The summed E-state index contributed by atoms with van der Waals surface area (Å²) in [6, 6.07) is 7.08. The highest BCUT2D eigenvalue weighted by atomic mass is 35.5. The van der Waals surface area contributed by atoms with Crippen molar-refractivity contribution in [3.05, 3.63) is 29.8 Å². The van der Waals surface area contributed by atoms with Crippen LogP contribution in [-0.2, 0) is 0 Å². The second-order valence-electron chi connectivity index (χ2n) is 3.50. The fourth-order valence-electron chi connectivity index (χ4n) is 1.45. The molecule has 0 bridgehead atoms. The molecule has 0 spiro atoms. The Bertz CT molecular complexity index is 317. The van der Waals surface area contributed by atoms with Gasteiger partial charge in [0.25, 0.3) is 0 Å². The molecule has 0 aliphatic heterocycles. The number of aliphatic hydroxyl groups excluding tert-OH is 2. The Balaban J connectivity index is 2.74. The first kappa shape index (κ1) is 13.3. The number of hydrogen-bond donors (Lipinski definition) is 2. The van der Waals surface area contributed by atoms with E-state index in [0.717, 1.165) is 0 Å². The molecule has 1 aromatic rings. The van der Waals surface area contributed by atoms with Crippen LogP contribution in [0.4, 0.5) is 0 Å². The zero-order valence-corrected chi connectivity index (χ0v) is 10.0. The molecule has 2 N–H and O–H groups in total. The van der Waals surface area contributed by atoms with E-state index in [0.29, 0.717) is 30.2 Å². The number of rotatable bonds is 6. The van der Waals surface area contributed by atoms with Crippen molar-refractivity contribution in [1.29, 1.82) is 0 Å². The van der Waals surface area contributed by atoms with Crippen LogP contribution in [-0.4, -0.2) is 28.8 Å². The summed E-state index contributed by atoms with van der Waals surface area (Å²) in [4.78, 5) is 0. The van der Waals surface area contributed by atoms with Crippen molar-refractivity contribution in [1.82, 2.24) is 0 Å². The molecule has 2 unspecified atom stereocenters. The van der Waals surface area contributed by atoms with Gasteiger partial charge in [-0.3, -0.25) is 0 Å². The van der Waals surface area contributed by atoms with E-state index < -0.39 is 12.2 Å². The lowest BCUT2D eigenvalue weighted by Crippen LogP contribution is -2.18. The maximum absolute atomic E-state index is 9.85. The van der Waals surface area contributed by atoms with Crippen LogP contribution in [0.3, 0.4) is 0 Å². The minimum Gasteiger partial charge on any atom is -0.494 e. The first-order valence-electron chi connectivity index (χ1n) is 5.34. The van der Waals surface area contributed by atoms with Gasteiger partial charge in [-0.1, -0.05) is 12.1 Å². The molecule has 90 valence electrons. The van der Waals surface area contributed by atoms with E-state index in [9.17, 15) is 10.2 Å². The summed E-state index contributed by atoms with van der Waals surface area (Å²) < 4.78 is 5.32. The minimum absolute atomic E-state index is 0.323. The normalized spacial score (nSPS) is 14.5. The summed E-state index contributed by atoms with van der Waals surface area (Å²) in [5, 5.41) is 19.5. The number of hydrogen-bond acceptors (Lipinski definition) is 3. The van der Waals surface area contributed by atoms with Gasteiger partial charge < -0.3 is 14.9 Å². The lowest BCUT2D eigenvalue weighted by Gasteiger charge is -2.17. The van der Waals surface area contributed by atoms with E-state index in [1.165, 1.54) is 0 Å². The van der Waals surface area contributed by atoms with Gasteiger partial charge >= 0.3 is 0 Å². The molecule has 0 saturated heterocycles. The number of aliphatic hydroxyl groups is 2. The Labute approximate surface area is 101 Å². The van der Waals surface area contributed by atoms with Crippen LogP contribution < -0.4 is 4.74 Å². The highest BCUT2D eigenvalue weighted by Crippen LogP contribution is 2.23. The Hall–Kier alpha value is -0.770. The van der Waals surface area contributed by atoms with Crippen molar-refractivity contribution in [2.24, 2.45) is 0 Å². The average Bonchev–Trinajstić information content (AvgIpc) is 2.29.